The Balaban J connectivity index is 2.08. The molecule has 29 heavy (non-hydrogen) atoms. The predicted molar refractivity (Wildman–Crippen MR) is 109 cm³/mol. The van der Waals surface area contributed by atoms with Crippen molar-refractivity contribution in [3.8, 4) is 23.7 Å². The highest BCUT2D eigenvalue weighted by molar-refractivity contribution is 5.99. The van der Waals surface area contributed by atoms with Crippen molar-refractivity contribution in [2.75, 3.05) is 5.73 Å². The Kier molecular flexibility index (Phi) is 6.99. The van der Waals surface area contributed by atoms with Crippen LogP contribution in [0.5, 0.6) is 0 Å². The van der Waals surface area contributed by atoms with Gasteiger partial charge in [-0.2, -0.15) is 0 Å². The van der Waals surface area contributed by atoms with Crippen LogP contribution in [0.1, 0.15) is 35.3 Å². The highest BCUT2D eigenvalue weighted by atomic mass is 16.5. The minimum absolute atomic E-state index is 0.265. The highest BCUT2D eigenvalue weighted by Crippen LogP contribution is 2.13. The number of nitrogen functional groups attached to an aromatic ring is 1. The maximum Gasteiger partial charge on any atom is 0.271 e. The molecule has 0 radical (unpaired) electrons. The van der Waals surface area contributed by atoms with E-state index in [0.29, 0.717) is 11.3 Å². The summed E-state index contributed by atoms with van der Waals surface area (Å²) in [7, 11) is 0. The van der Waals surface area contributed by atoms with Crippen LogP contribution >= 0.6 is 0 Å². The number of aliphatic hydroxyl groups excluding tert-OH is 1. The third-order valence-corrected chi connectivity index (χ3v) is 4.32. The van der Waals surface area contributed by atoms with Gasteiger partial charge in [-0.3, -0.25) is 14.8 Å². The minimum atomic E-state index is -1.69. The SMILES string of the molecule is C[C@@H](O)[C@](C)(NC(=O)c1ccc(C#CC#Cc2ccc(N)cc2)cc1)C(=O)NO. The molecule has 0 saturated carbocycles. The number of hydrogen-bond acceptors (Lipinski definition) is 5. The molecule has 6 N–H and O–H groups in total. The van der Waals surface area contributed by atoms with Crippen LogP contribution in [0, 0.1) is 23.7 Å². The summed E-state index contributed by atoms with van der Waals surface area (Å²) in [5, 5.41) is 21.1. The molecule has 0 fully saturated rings. The molecule has 0 aliphatic rings. The molecule has 0 bridgehead atoms. The third-order valence-electron chi connectivity index (χ3n) is 4.32. The van der Waals surface area contributed by atoms with Crippen LogP contribution in [0.3, 0.4) is 0 Å². The normalized spacial score (nSPS) is 12.8. The Morgan fingerprint density at radius 1 is 1.00 bits per heavy atom. The Morgan fingerprint density at radius 3 is 1.93 bits per heavy atom. The Bertz CT molecular complexity index is 1010. The molecule has 7 nitrogen and oxygen atoms in total. The lowest BCUT2D eigenvalue weighted by Gasteiger charge is -2.31. The quantitative estimate of drug-likeness (QED) is 0.231. The number of hydrogen-bond donors (Lipinski definition) is 5. The Labute approximate surface area is 168 Å². The number of nitrogens with one attached hydrogen (secondary N) is 2. The smallest absolute Gasteiger partial charge is 0.271 e. The van der Waals surface area contributed by atoms with E-state index in [4.69, 9.17) is 10.9 Å². The maximum atomic E-state index is 12.4. The van der Waals surface area contributed by atoms with Gasteiger partial charge in [0.05, 0.1) is 6.10 Å². The first-order chi connectivity index (χ1) is 13.8. The molecule has 2 aromatic carbocycles. The van der Waals surface area contributed by atoms with Gasteiger partial charge in [0.25, 0.3) is 11.8 Å². The molecule has 2 atom stereocenters. The van der Waals surface area contributed by atoms with Gasteiger partial charge in [-0.05, 0) is 74.2 Å². The summed E-state index contributed by atoms with van der Waals surface area (Å²) in [6.45, 7) is 2.64. The summed E-state index contributed by atoms with van der Waals surface area (Å²) in [6, 6.07) is 13.5. The Morgan fingerprint density at radius 2 is 1.48 bits per heavy atom. The van der Waals surface area contributed by atoms with Gasteiger partial charge >= 0.3 is 0 Å². The molecular weight excluding hydrogens is 370 g/mol. The molecule has 0 saturated heterocycles. The van der Waals surface area contributed by atoms with Crippen LogP contribution < -0.4 is 16.5 Å². The van der Waals surface area contributed by atoms with Gasteiger partial charge in [0, 0.05) is 22.4 Å². The van der Waals surface area contributed by atoms with E-state index in [2.05, 4.69) is 29.0 Å². The van der Waals surface area contributed by atoms with Gasteiger partial charge in [0.1, 0.15) is 5.54 Å². The molecule has 0 heterocycles. The number of benzene rings is 2. The minimum Gasteiger partial charge on any atom is -0.399 e. The van der Waals surface area contributed by atoms with E-state index in [1.54, 1.807) is 36.4 Å². The third kappa shape index (κ3) is 5.60. The average molecular weight is 391 g/mol. The summed E-state index contributed by atoms with van der Waals surface area (Å²) in [6.07, 6.45) is -1.23. The van der Waals surface area contributed by atoms with Crippen molar-refractivity contribution in [3.05, 3.63) is 65.2 Å². The maximum absolute atomic E-state index is 12.4. The zero-order chi connectivity index (χ0) is 21.4. The number of nitrogens with two attached hydrogens (primary N) is 1. The van der Waals surface area contributed by atoms with E-state index < -0.39 is 23.5 Å². The molecule has 0 aliphatic carbocycles. The molecule has 0 aromatic heterocycles. The summed E-state index contributed by atoms with van der Waals surface area (Å²) < 4.78 is 0. The summed E-state index contributed by atoms with van der Waals surface area (Å²) in [5.74, 6) is 9.73. The standard InChI is InChI=1S/C22H21N3O4/c1-15(26)22(2,21(28)25-29)24-20(27)18-11-7-16(8-12-18)5-3-4-6-17-9-13-19(23)14-10-17/h7-15,26,29H,23H2,1-2H3,(H,24,27)(H,25,28)/t15-,22+/m1/s1. The number of amides is 2. The largest absolute Gasteiger partial charge is 0.399 e. The van der Waals surface area contributed by atoms with Gasteiger partial charge < -0.3 is 16.2 Å². The van der Waals surface area contributed by atoms with Gasteiger partial charge in [0.2, 0.25) is 0 Å². The predicted octanol–water partition coefficient (Wildman–Crippen LogP) is 1.05. The number of anilines is 1. The molecule has 0 aliphatic heterocycles. The average Bonchev–Trinajstić information content (AvgIpc) is 2.72. The topological polar surface area (TPSA) is 125 Å². The fourth-order valence-corrected chi connectivity index (χ4v) is 2.25. The van der Waals surface area contributed by atoms with Gasteiger partial charge in [-0.1, -0.05) is 11.8 Å². The Hall–Kier alpha value is -3.78. The first kappa shape index (κ1) is 21.5. The molecule has 7 heteroatoms. The van der Waals surface area contributed by atoms with Gasteiger partial charge in [0.15, 0.2) is 0 Å². The van der Waals surface area contributed by atoms with Crippen molar-refractivity contribution in [3.63, 3.8) is 0 Å². The van der Waals surface area contributed by atoms with Crippen LogP contribution in [0.4, 0.5) is 5.69 Å². The fourth-order valence-electron chi connectivity index (χ4n) is 2.25. The summed E-state index contributed by atoms with van der Waals surface area (Å²) in [5.41, 5.74) is 7.75. The second kappa shape index (κ2) is 9.43. The van der Waals surface area contributed by atoms with E-state index in [-0.39, 0.29) is 5.56 Å². The lowest BCUT2D eigenvalue weighted by atomic mass is 9.94. The number of carbonyl (C=O) groups excluding carboxylic acids is 2. The molecule has 2 rings (SSSR count). The van der Waals surface area contributed by atoms with Crippen LogP contribution in [-0.4, -0.2) is 33.8 Å². The molecule has 2 amide bonds. The molecule has 2 aromatic rings. The van der Waals surface area contributed by atoms with Gasteiger partial charge in [-0.15, -0.1) is 0 Å². The second-order valence-corrected chi connectivity index (χ2v) is 6.47. The van der Waals surface area contributed by atoms with E-state index in [1.807, 2.05) is 0 Å². The zero-order valence-corrected chi connectivity index (χ0v) is 16.0. The monoisotopic (exact) mass is 391 g/mol. The van der Waals surface area contributed by atoms with Crippen molar-refractivity contribution in [2.45, 2.75) is 25.5 Å². The van der Waals surface area contributed by atoms with Crippen molar-refractivity contribution < 1.29 is 19.9 Å². The van der Waals surface area contributed by atoms with E-state index >= 15 is 0 Å². The van der Waals surface area contributed by atoms with Gasteiger partial charge in [-0.25, -0.2) is 5.48 Å². The molecule has 0 unspecified atom stereocenters. The zero-order valence-electron chi connectivity index (χ0n) is 16.0. The number of aliphatic hydroxyl groups is 1. The highest BCUT2D eigenvalue weighted by Gasteiger charge is 2.39. The number of carbonyl (C=O) groups is 2. The second-order valence-electron chi connectivity index (χ2n) is 6.47. The van der Waals surface area contributed by atoms with Crippen molar-refractivity contribution in [1.82, 2.24) is 10.8 Å². The summed E-state index contributed by atoms with van der Waals surface area (Å²) in [4.78, 5) is 24.2. The van der Waals surface area contributed by atoms with Crippen LogP contribution in [0.15, 0.2) is 48.5 Å². The van der Waals surface area contributed by atoms with Crippen molar-refractivity contribution in [1.29, 1.82) is 0 Å². The van der Waals surface area contributed by atoms with Crippen LogP contribution in [0.2, 0.25) is 0 Å². The first-order valence-electron chi connectivity index (χ1n) is 8.69. The fraction of sp³-hybridized carbons (Fsp3) is 0.182. The molecule has 0 spiro atoms. The number of hydroxylamine groups is 1. The van der Waals surface area contributed by atoms with E-state index in [9.17, 15) is 14.7 Å². The summed E-state index contributed by atoms with van der Waals surface area (Å²) >= 11 is 0. The van der Waals surface area contributed by atoms with E-state index in [0.717, 1.165) is 5.56 Å². The number of rotatable bonds is 4. The van der Waals surface area contributed by atoms with E-state index in [1.165, 1.54) is 31.5 Å². The van der Waals surface area contributed by atoms with Crippen LogP contribution in [-0.2, 0) is 4.79 Å². The van der Waals surface area contributed by atoms with Crippen molar-refractivity contribution in [2.24, 2.45) is 0 Å². The van der Waals surface area contributed by atoms with Crippen molar-refractivity contribution >= 4 is 17.5 Å². The van der Waals surface area contributed by atoms with Crippen LogP contribution in [0.25, 0.3) is 0 Å². The lowest BCUT2D eigenvalue weighted by molar-refractivity contribution is -0.139. The lowest BCUT2D eigenvalue weighted by Crippen LogP contribution is -2.62. The molecular formula is C22H21N3O4. The molecule has 148 valence electrons. The first-order valence-corrected chi connectivity index (χ1v) is 8.69.